The monoisotopic (exact) mass is 284 g/mol. The van der Waals surface area contributed by atoms with Crippen LogP contribution in [0.5, 0.6) is 0 Å². The lowest BCUT2D eigenvalue weighted by Crippen LogP contribution is -2.26. The molecule has 0 atom stereocenters. The van der Waals surface area contributed by atoms with E-state index in [-0.39, 0.29) is 23.6 Å². The molecule has 2 aromatic rings. The summed E-state index contributed by atoms with van der Waals surface area (Å²) in [6, 6.07) is 7.51. The van der Waals surface area contributed by atoms with Gasteiger partial charge in [0, 0.05) is 18.8 Å². The molecule has 1 amide bonds. The molecule has 1 heterocycles. The lowest BCUT2D eigenvalue weighted by Gasteiger charge is -2.16. The van der Waals surface area contributed by atoms with Gasteiger partial charge in [-0.25, -0.2) is 4.39 Å². The highest BCUT2D eigenvalue weighted by atomic mass is 19.1. The minimum atomic E-state index is -0.596. The van der Waals surface area contributed by atoms with E-state index in [0.29, 0.717) is 5.69 Å². The molecule has 0 bridgehead atoms. The molecule has 0 aliphatic carbocycles. The van der Waals surface area contributed by atoms with Crippen molar-refractivity contribution < 1.29 is 14.3 Å². The molecule has 106 valence electrons. The number of nitrogens with zero attached hydrogens (tertiary/aromatic N) is 2. The number of hydrogen-bond acceptors (Lipinski definition) is 3. The molecule has 1 N–H and O–H groups in total. The van der Waals surface area contributed by atoms with Gasteiger partial charge in [0.05, 0.1) is 17.4 Å². The van der Waals surface area contributed by atoms with E-state index in [4.69, 9.17) is 5.11 Å². The number of carbonyl (C=O) groups excluding carboxylic acids is 1. The van der Waals surface area contributed by atoms with E-state index in [2.05, 4.69) is 16.8 Å². The first kappa shape index (κ1) is 14.7. The third kappa shape index (κ3) is 3.44. The van der Waals surface area contributed by atoms with E-state index in [0.717, 1.165) is 6.07 Å². The van der Waals surface area contributed by atoms with Crippen molar-refractivity contribution in [2.75, 3.05) is 18.6 Å². The number of aliphatic hydroxyl groups excluding tert-OH is 1. The fraction of sp³-hybridized carbons (Fsp3) is 0.125. The lowest BCUT2D eigenvalue weighted by molar-refractivity contribution is 0.0992. The predicted molar refractivity (Wildman–Crippen MR) is 77.3 cm³/mol. The van der Waals surface area contributed by atoms with Gasteiger partial charge in [-0.3, -0.25) is 9.78 Å². The van der Waals surface area contributed by atoms with Crippen LogP contribution in [-0.4, -0.2) is 29.7 Å². The fourth-order valence-corrected chi connectivity index (χ4v) is 1.75. The Hall–Kier alpha value is -2.71. The first-order valence-corrected chi connectivity index (χ1v) is 6.21. The first-order chi connectivity index (χ1) is 10.1. The highest BCUT2D eigenvalue weighted by Crippen LogP contribution is 2.16. The van der Waals surface area contributed by atoms with Crippen molar-refractivity contribution in [1.82, 2.24) is 4.98 Å². The Kier molecular flexibility index (Phi) is 4.64. The summed E-state index contributed by atoms with van der Waals surface area (Å²) < 4.78 is 13.8. The number of rotatable bonds is 2. The van der Waals surface area contributed by atoms with Crippen LogP contribution in [-0.2, 0) is 0 Å². The molecule has 0 saturated carbocycles. The van der Waals surface area contributed by atoms with Gasteiger partial charge in [-0.05, 0) is 30.3 Å². The van der Waals surface area contributed by atoms with Crippen LogP contribution < -0.4 is 4.90 Å². The van der Waals surface area contributed by atoms with Crippen molar-refractivity contribution in [3.8, 4) is 11.8 Å². The minimum absolute atomic E-state index is 0.143. The number of benzene rings is 1. The average Bonchev–Trinajstić information content (AvgIpc) is 2.53. The maximum Gasteiger partial charge on any atom is 0.258 e. The highest BCUT2D eigenvalue weighted by molar-refractivity contribution is 6.05. The predicted octanol–water partition coefficient (Wildman–Crippen LogP) is 1.84. The van der Waals surface area contributed by atoms with Gasteiger partial charge in [0.1, 0.15) is 12.4 Å². The molecule has 21 heavy (non-hydrogen) atoms. The quantitative estimate of drug-likeness (QED) is 0.856. The van der Waals surface area contributed by atoms with E-state index in [1.807, 2.05) is 0 Å². The van der Waals surface area contributed by atoms with Crippen LogP contribution in [0.3, 0.4) is 0 Å². The molecule has 0 fully saturated rings. The number of hydrogen-bond donors (Lipinski definition) is 1. The summed E-state index contributed by atoms with van der Waals surface area (Å²) in [5, 5.41) is 8.60. The van der Waals surface area contributed by atoms with Crippen LogP contribution in [0.4, 0.5) is 10.1 Å². The van der Waals surface area contributed by atoms with Gasteiger partial charge in [-0.1, -0.05) is 11.8 Å². The van der Waals surface area contributed by atoms with Crippen molar-refractivity contribution in [3.63, 3.8) is 0 Å². The first-order valence-electron chi connectivity index (χ1n) is 6.21. The van der Waals surface area contributed by atoms with Crippen molar-refractivity contribution in [2.45, 2.75) is 0 Å². The number of amides is 1. The molecule has 5 heteroatoms. The number of aliphatic hydroxyl groups is 1. The van der Waals surface area contributed by atoms with Crippen LogP contribution in [0, 0.1) is 17.7 Å². The van der Waals surface area contributed by atoms with Crippen LogP contribution in [0.2, 0.25) is 0 Å². The second-order valence-corrected chi connectivity index (χ2v) is 4.23. The number of carbonyl (C=O) groups is 1. The molecule has 0 aliphatic rings. The molecular formula is C16H13FN2O2. The summed E-state index contributed by atoms with van der Waals surface area (Å²) in [6.45, 7) is -0.343. The number of halogens is 1. The summed E-state index contributed by atoms with van der Waals surface area (Å²) >= 11 is 0. The summed E-state index contributed by atoms with van der Waals surface area (Å²) in [5.74, 6) is 3.90. The summed E-state index contributed by atoms with van der Waals surface area (Å²) in [7, 11) is 1.59. The van der Waals surface area contributed by atoms with Crippen molar-refractivity contribution in [1.29, 1.82) is 0 Å². The lowest BCUT2D eigenvalue weighted by atomic mass is 10.1. The van der Waals surface area contributed by atoms with Crippen molar-refractivity contribution in [2.24, 2.45) is 0 Å². The van der Waals surface area contributed by atoms with Crippen molar-refractivity contribution >= 4 is 11.6 Å². The van der Waals surface area contributed by atoms with Gasteiger partial charge >= 0.3 is 0 Å². The Morgan fingerprint density at radius 2 is 2.24 bits per heavy atom. The van der Waals surface area contributed by atoms with Gasteiger partial charge in [-0.15, -0.1) is 0 Å². The number of pyridine rings is 1. The molecule has 0 saturated heterocycles. The van der Waals surface area contributed by atoms with Gasteiger partial charge in [0.25, 0.3) is 5.91 Å². The molecule has 0 unspecified atom stereocenters. The zero-order valence-corrected chi connectivity index (χ0v) is 11.4. The van der Waals surface area contributed by atoms with Gasteiger partial charge < -0.3 is 10.0 Å². The van der Waals surface area contributed by atoms with E-state index in [1.54, 1.807) is 31.6 Å². The molecular weight excluding hydrogens is 271 g/mol. The van der Waals surface area contributed by atoms with Crippen molar-refractivity contribution in [3.05, 3.63) is 59.7 Å². The highest BCUT2D eigenvalue weighted by Gasteiger charge is 2.15. The minimum Gasteiger partial charge on any atom is -0.384 e. The van der Waals surface area contributed by atoms with Crippen LogP contribution in [0.25, 0.3) is 0 Å². The molecule has 4 nitrogen and oxygen atoms in total. The van der Waals surface area contributed by atoms with Gasteiger partial charge in [0.2, 0.25) is 0 Å². The Bertz CT molecular complexity index is 705. The molecule has 1 aromatic carbocycles. The SMILES string of the molecule is CN(C(=O)c1ccc(C#CCO)c(F)c1)c1cccnc1. The molecule has 0 aliphatic heterocycles. The summed E-state index contributed by atoms with van der Waals surface area (Å²) in [4.78, 5) is 17.6. The van der Waals surface area contributed by atoms with E-state index in [9.17, 15) is 9.18 Å². The Balaban J connectivity index is 2.26. The number of aromatic nitrogens is 1. The van der Waals surface area contributed by atoms with Crippen LogP contribution in [0.1, 0.15) is 15.9 Å². The summed E-state index contributed by atoms with van der Waals surface area (Å²) in [6.07, 6.45) is 3.16. The molecule has 0 radical (unpaired) electrons. The Morgan fingerprint density at radius 3 is 2.86 bits per heavy atom. The van der Waals surface area contributed by atoms with Gasteiger partial charge in [-0.2, -0.15) is 0 Å². The largest absolute Gasteiger partial charge is 0.384 e. The molecule has 2 rings (SSSR count). The fourth-order valence-electron chi connectivity index (χ4n) is 1.75. The van der Waals surface area contributed by atoms with E-state index >= 15 is 0 Å². The standard InChI is InChI=1S/C16H13FN2O2/c1-19(14-5-2-8-18-11-14)16(21)13-7-6-12(4-3-9-20)15(17)10-13/h2,5-8,10-11,20H,9H2,1H3. The van der Waals surface area contributed by atoms with Crippen LogP contribution >= 0.6 is 0 Å². The second-order valence-electron chi connectivity index (χ2n) is 4.23. The van der Waals surface area contributed by atoms with Gasteiger partial charge in [0.15, 0.2) is 0 Å². The second kappa shape index (κ2) is 6.64. The van der Waals surface area contributed by atoms with E-state index < -0.39 is 5.82 Å². The van der Waals surface area contributed by atoms with Crippen LogP contribution in [0.15, 0.2) is 42.7 Å². The van der Waals surface area contributed by atoms with E-state index in [1.165, 1.54) is 17.0 Å². The molecule has 1 aromatic heterocycles. The third-order valence-electron chi connectivity index (χ3n) is 2.86. The third-order valence-corrected chi connectivity index (χ3v) is 2.86. The smallest absolute Gasteiger partial charge is 0.258 e. The topological polar surface area (TPSA) is 53.4 Å². The maximum absolute atomic E-state index is 13.8. The number of anilines is 1. The summed E-state index contributed by atoms with van der Waals surface area (Å²) in [5.41, 5.74) is 0.977. The zero-order valence-electron chi connectivity index (χ0n) is 11.4. The Labute approximate surface area is 121 Å². The normalized spacial score (nSPS) is 9.67. The average molecular weight is 284 g/mol. The Morgan fingerprint density at radius 1 is 1.43 bits per heavy atom. The zero-order chi connectivity index (χ0) is 15.2. The molecule has 0 spiro atoms. The maximum atomic E-state index is 13.8.